The lowest BCUT2D eigenvalue weighted by Gasteiger charge is -1.94. The van der Waals surface area contributed by atoms with Gasteiger partial charge in [0.05, 0.1) is 0 Å². The number of rotatable bonds is 6. The Morgan fingerprint density at radius 1 is 1.50 bits per heavy atom. The maximum absolute atomic E-state index is 4.94. The van der Waals surface area contributed by atoms with Gasteiger partial charge in [-0.25, -0.2) is 0 Å². The second-order valence-corrected chi connectivity index (χ2v) is 4.78. The van der Waals surface area contributed by atoms with Crippen LogP contribution >= 0.6 is 0 Å². The predicted molar refractivity (Wildman–Crippen MR) is 46.9 cm³/mol. The Labute approximate surface area is 65.3 Å². The second kappa shape index (κ2) is 4.55. The van der Waals surface area contributed by atoms with Crippen LogP contribution in [0.4, 0.5) is 0 Å². The first-order valence-corrected chi connectivity index (χ1v) is 6.29. The lowest BCUT2D eigenvalue weighted by molar-refractivity contribution is 0.503. The van der Waals surface area contributed by atoms with E-state index in [1.807, 2.05) is 6.26 Å². The van der Waals surface area contributed by atoms with Gasteiger partial charge in [-0.2, -0.15) is 0 Å². The Morgan fingerprint density at radius 2 is 2.30 bits per heavy atom. The van der Waals surface area contributed by atoms with Crippen molar-refractivity contribution in [3.05, 3.63) is 12.0 Å². The van der Waals surface area contributed by atoms with Crippen molar-refractivity contribution < 1.29 is 4.74 Å². The zero-order valence-electron chi connectivity index (χ0n) is 6.73. The summed E-state index contributed by atoms with van der Waals surface area (Å²) in [5.41, 5.74) is 0. The molecule has 0 aromatic heterocycles. The molecule has 2 heteroatoms. The van der Waals surface area contributed by atoms with Crippen molar-refractivity contribution in [1.29, 1.82) is 0 Å². The SMILES string of the molecule is CCCCC[SiH2]CC1=CO1. The fourth-order valence-corrected chi connectivity index (χ4v) is 2.60. The summed E-state index contributed by atoms with van der Waals surface area (Å²) in [6, 6.07) is 2.82. The van der Waals surface area contributed by atoms with E-state index in [0.717, 1.165) is 0 Å². The molecule has 0 spiro atoms. The summed E-state index contributed by atoms with van der Waals surface area (Å²) in [6.45, 7) is 2.26. The average Bonchev–Trinajstić information content (AvgIpc) is 2.71. The zero-order valence-corrected chi connectivity index (χ0v) is 8.14. The summed E-state index contributed by atoms with van der Waals surface area (Å²) in [6.07, 6.45) is 6.11. The van der Waals surface area contributed by atoms with Crippen molar-refractivity contribution in [2.75, 3.05) is 0 Å². The molecule has 0 radical (unpaired) electrons. The van der Waals surface area contributed by atoms with Gasteiger partial charge >= 0.3 is 0 Å². The third-order valence-corrected chi connectivity index (χ3v) is 3.66. The third kappa shape index (κ3) is 3.72. The van der Waals surface area contributed by atoms with E-state index >= 15 is 0 Å². The van der Waals surface area contributed by atoms with Crippen LogP contribution in [0.25, 0.3) is 0 Å². The van der Waals surface area contributed by atoms with E-state index in [1.165, 1.54) is 37.1 Å². The molecule has 58 valence electrons. The van der Waals surface area contributed by atoms with Crippen molar-refractivity contribution >= 4 is 9.52 Å². The monoisotopic (exact) mass is 156 g/mol. The van der Waals surface area contributed by atoms with Crippen molar-refractivity contribution in [3.63, 3.8) is 0 Å². The number of ether oxygens (including phenoxy) is 1. The summed E-state index contributed by atoms with van der Waals surface area (Å²) >= 11 is 0. The molecule has 0 saturated carbocycles. The molecular formula is C8H16OSi. The number of hydrogen-bond donors (Lipinski definition) is 0. The van der Waals surface area contributed by atoms with Crippen LogP contribution < -0.4 is 0 Å². The number of unbranched alkanes of at least 4 members (excludes halogenated alkanes) is 2. The predicted octanol–water partition coefficient (Wildman–Crippen LogP) is 2.05. The fourth-order valence-electron chi connectivity index (χ4n) is 1.06. The van der Waals surface area contributed by atoms with Crippen LogP contribution in [-0.4, -0.2) is 9.52 Å². The smallest absolute Gasteiger partial charge is 0.135 e. The van der Waals surface area contributed by atoms with Gasteiger partial charge in [0.25, 0.3) is 0 Å². The standard InChI is InChI=1S/C8H16OSi/c1-2-3-4-5-10-7-8-6-9-8/h6H,2-5,7,10H2,1H3. The molecule has 1 rings (SSSR count). The van der Waals surface area contributed by atoms with Gasteiger partial charge in [-0.05, 0) is 6.04 Å². The second-order valence-electron chi connectivity index (χ2n) is 2.87. The van der Waals surface area contributed by atoms with Crippen LogP contribution in [0.15, 0.2) is 12.0 Å². The minimum atomic E-state index is 0.213. The van der Waals surface area contributed by atoms with Gasteiger partial charge in [-0.1, -0.05) is 32.2 Å². The zero-order chi connectivity index (χ0) is 7.23. The molecule has 1 nitrogen and oxygen atoms in total. The van der Waals surface area contributed by atoms with Gasteiger partial charge in [0, 0.05) is 9.52 Å². The molecule has 0 aliphatic carbocycles. The normalized spacial score (nSPS) is 15.5. The van der Waals surface area contributed by atoms with Crippen LogP contribution in [0, 0.1) is 0 Å². The molecule has 0 aromatic carbocycles. The fraction of sp³-hybridized carbons (Fsp3) is 0.750. The molecule has 10 heavy (non-hydrogen) atoms. The van der Waals surface area contributed by atoms with E-state index in [0.29, 0.717) is 0 Å². The van der Waals surface area contributed by atoms with Gasteiger partial charge in [0.1, 0.15) is 12.0 Å². The van der Waals surface area contributed by atoms with Crippen molar-refractivity contribution in [3.8, 4) is 0 Å². The molecular weight excluding hydrogens is 140 g/mol. The maximum atomic E-state index is 4.94. The molecule has 0 saturated heterocycles. The van der Waals surface area contributed by atoms with Crippen LogP contribution in [-0.2, 0) is 4.74 Å². The van der Waals surface area contributed by atoms with Crippen LogP contribution in [0.5, 0.6) is 0 Å². The lowest BCUT2D eigenvalue weighted by atomic mass is 10.3. The molecule has 0 bridgehead atoms. The van der Waals surface area contributed by atoms with Gasteiger partial charge < -0.3 is 4.74 Å². The molecule has 0 unspecified atom stereocenters. The highest BCUT2D eigenvalue weighted by Crippen LogP contribution is 2.18. The van der Waals surface area contributed by atoms with Gasteiger partial charge in [-0.3, -0.25) is 0 Å². The Bertz CT molecular complexity index is 120. The number of hydrogen-bond acceptors (Lipinski definition) is 1. The molecule has 0 amide bonds. The Morgan fingerprint density at radius 3 is 2.90 bits per heavy atom. The van der Waals surface area contributed by atoms with E-state index < -0.39 is 0 Å². The molecule has 0 aromatic rings. The molecule has 0 fully saturated rings. The largest absolute Gasteiger partial charge is 0.463 e. The minimum absolute atomic E-state index is 0.213. The Balaban J connectivity index is 1.72. The van der Waals surface area contributed by atoms with Gasteiger partial charge in [-0.15, -0.1) is 0 Å². The first-order valence-electron chi connectivity index (χ1n) is 4.29. The van der Waals surface area contributed by atoms with E-state index in [2.05, 4.69) is 6.92 Å². The Hall–Kier alpha value is -0.243. The van der Waals surface area contributed by atoms with E-state index in [9.17, 15) is 0 Å². The van der Waals surface area contributed by atoms with E-state index in [1.54, 1.807) is 0 Å². The van der Waals surface area contributed by atoms with Crippen molar-refractivity contribution in [2.45, 2.75) is 38.3 Å². The van der Waals surface area contributed by atoms with Crippen LogP contribution in [0.2, 0.25) is 12.1 Å². The quantitative estimate of drug-likeness (QED) is 0.423. The summed E-state index contributed by atoms with van der Waals surface area (Å²) < 4.78 is 4.94. The van der Waals surface area contributed by atoms with E-state index in [-0.39, 0.29) is 9.52 Å². The van der Waals surface area contributed by atoms with Crippen molar-refractivity contribution in [1.82, 2.24) is 0 Å². The van der Waals surface area contributed by atoms with E-state index in [4.69, 9.17) is 4.74 Å². The first-order chi connectivity index (χ1) is 4.93. The third-order valence-electron chi connectivity index (χ3n) is 1.81. The summed E-state index contributed by atoms with van der Waals surface area (Å²) in [7, 11) is 0.213. The summed E-state index contributed by atoms with van der Waals surface area (Å²) in [4.78, 5) is 0. The van der Waals surface area contributed by atoms with Gasteiger partial charge in [0.15, 0.2) is 0 Å². The molecule has 0 N–H and O–H groups in total. The number of allylic oxidation sites excluding steroid dienone is 1. The molecule has 1 heterocycles. The highest BCUT2D eigenvalue weighted by atomic mass is 28.2. The highest BCUT2D eigenvalue weighted by molar-refractivity contribution is 6.36. The van der Waals surface area contributed by atoms with Crippen LogP contribution in [0.3, 0.4) is 0 Å². The molecule has 0 atom stereocenters. The summed E-state index contributed by atoms with van der Waals surface area (Å²) in [5, 5.41) is 0. The maximum Gasteiger partial charge on any atom is 0.135 e. The molecule has 1 aliphatic heterocycles. The molecule has 1 aliphatic rings. The average molecular weight is 156 g/mol. The minimum Gasteiger partial charge on any atom is -0.463 e. The van der Waals surface area contributed by atoms with Gasteiger partial charge in [0.2, 0.25) is 0 Å². The Kier molecular flexibility index (Phi) is 3.58. The topological polar surface area (TPSA) is 12.5 Å². The summed E-state index contributed by atoms with van der Waals surface area (Å²) in [5.74, 6) is 1.27. The first kappa shape index (κ1) is 7.86. The lowest BCUT2D eigenvalue weighted by Crippen LogP contribution is -1.87. The highest BCUT2D eigenvalue weighted by Gasteiger charge is 2.07. The van der Waals surface area contributed by atoms with Crippen LogP contribution in [0.1, 0.15) is 26.2 Å². The van der Waals surface area contributed by atoms with Crippen molar-refractivity contribution in [2.24, 2.45) is 0 Å².